The minimum atomic E-state index is -0.697. The fourth-order valence-corrected chi connectivity index (χ4v) is 4.57. The van der Waals surface area contributed by atoms with Crippen LogP contribution in [0, 0.1) is 5.92 Å². The Balaban J connectivity index is 1.40. The van der Waals surface area contributed by atoms with Crippen LogP contribution in [0.25, 0.3) is 11.4 Å². The van der Waals surface area contributed by atoms with E-state index in [0.717, 1.165) is 25.7 Å². The first-order chi connectivity index (χ1) is 17.4. The minimum Gasteiger partial charge on any atom is -0.441 e. The Morgan fingerprint density at radius 1 is 1.08 bits per heavy atom. The molecule has 3 aromatic heterocycles. The molecule has 1 aliphatic carbocycles. The third kappa shape index (κ3) is 6.37. The molecule has 1 aliphatic rings. The quantitative estimate of drug-likeness (QED) is 0.416. The zero-order valence-corrected chi connectivity index (χ0v) is 21.2. The van der Waals surface area contributed by atoms with Crippen LogP contribution in [0.4, 0.5) is 16.3 Å². The summed E-state index contributed by atoms with van der Waals surface area (Å²) >= 11 is 6.10. The number of nitrogens with zero attached hydrogens (tertiary/aromatic N) is 5. The van der Waals surface area contributed by atoms with Crippen molar-refractivity contribution in [1.29, 1.82) is 0 Å². The van der Waals surface area contributed by atoms with E-state index in [1.54, 1.807) is 50.6 Å². The Morgan fingerprint density at radius 2 is 1.83 bits per heavy atom. The fraction of sp³-hybridized carbons (Fsp3) is 0.440. The molecule has 2 amide bonds. The molecule has 1 saturated carbocycles. The third-order valence-corrected chi connectivity index (χ3v) is 6.62. The average molecular weight is 512 g/mol. The topological polar surface area (TPSA) is 124 Å². The molecule has 0 saturated heterocycles. The highest BCUT2D eigenvalue weighted by Crippen LogP contribution is 2.28. The molecule has 0 radical (unpaired) electrons. The van der Waals surface area contributed by atoms with Crippen molar-refractivity contribution in [2.75, 3.05) is 10.6 Å². The van der Waals surface area contributed by atoms with Gasteiger partial charge in [-0.2, -0.15) is 0 Å². The van der Waals surface area contributed by atoms with Gasteiger partial charge in [-0.1, -0.05) is 55.0 Å². The molecule has 3 heterocycles. The molecule has 0 spiro atoms. The van der Waals surface area contributed by atoms with Crippen molar-refractivity contribution in [3.63, 3.8) is 0 Å². The number of nitrogens with one attached hydrogen (secondary N) is 2. The van der Waals surface area contributed by atoms with Crippen molar-refractivity contribution >= 4 is 35.1 Å². The van der Waals surface area contributed by atoms with Crippen LogP contribution in [0.3, 0.4) is 0 Å². The number of amides is 2. The summed E-state index contributed by atoms with van der Waals surface area (Å²) < 4.78 is 6.88. The number of halogens is 1. The highest BCUT2D eigenvalue weighted by molar-refractivity contribution is 6.30. The first-order valence-electron chi connectivity index (χ1n) is 12.2. The molecule has 190 valence electrons. The molecular weight excluding hydrogens is 482 g/mol. The maximum atomic E-state index is 12.7. The van der Waals surface area contributed by atoms with Gasteiger partial charge in [0.2, 0.25) is 5.91 Å². The zero-order valence-electron chi connectivity index (χ0n) is 20.4. The van der Waals surface area contributed by atoms with Crippen molar-refractivity contribution in [1.82, 2.24) is 25.0 Å². The highest BCUT2D eigenvalue weighted by atomic mass is 35.5. The summed E-state index contributed by atoms with van der Waals surface area (Å²) in [5, 5.41) is 14.1. The van der Waals surface area contributed by atoms with Crippen LogP contribution >= 0.6 is 11.6 Å². The molecule has 11 heteroatoms. The first kappa shape index (κ1) is 25.6. The number of carbonyl (C=O) groups excluding carboxylic acids is 2. The van der Waals surface area contributed by atoms with Gasteiger partial charge in [-0.15, -0.1) is 5.10 Å². The van der Waals surface area contributed by atoms with Gasteiger partial charge in [-0.3, -0.25) is 15.1 Å². The van der Waals surface area contributed by atoms with Crippen LogP contribution in [0.1, 0.15) is 63.5 Å². The summed E-state index contributed by atoms with van der Waals surface area (Å²) in [4.78, 5) is 33.8. The summed E-state index contributed by atoms with van der Waals surface area (Å²) in [6.45, 7) is 1.70. The van der Waals surface area contributed by atoms with Gasteiger partial charge < -0.3 is 10.1 Å². The van der Waals surface area contributed by atoms with E-state index < -0.39 is 12.2 Å². The van der Waals surface area contributed by atoms with Gasteiger partial charge in [0, 0.05) is 24.7 Å². The monoisotopic (exact) mass is 511 g/mol. The van der Waals surface area contributed by atoms with E-state index >= 15 is 0 Å². The molecule has 0 bridgehead atoms. The number of hydrogen-bond acceptors (Lipinski definition) is 7. The number of hydrogen-bond donors (Lipinski definition) is 2. The number of carbonyl (C=O) groups is 2. The lowest BCUT2D eigenvalue weighted by Gasteiger charge is -2.19. The summed E-state index contributed by atoms with van der Waals surface area (Å²) in [5.74, 6) is 0.401. The number of anilines is 2. The number of aromatic nitrogens is 5. The van der Waals surface area contributed by atoms with Gasteiger partial charge in [0.1, 0.15) is 11.3 Å². The van der Waals surface area contributed by atoms with Crippen molar-refractivity contribution in [3.05, 3.63) is 47.4 Å². The first-order valence-corrected chi connectivity index (χ1v) is 12.5. The van der Waals surface area contributed by atoms with Gasteiger partial charge in [0.25, 0.3) is 0 Å². The van der Waals surface area contributed by atoms with E-state index in [1.807, 2.05) is 0 Å². The SMILES string of the molecule is C[C@@H](OC(=O)Nc1c(-c2ccc(NC(=O)C3CCCCCCC3)cn2)nnn1C)c1cccnc1Cl. The Labute approximate surface area is 214 Å². The number of pyridine rings is 2. The number of rotatable bonds is 6. The number of ether oxygens (including phenoxy) is 1. The Kier molecular flexibility index (Phi) is 8.48. The maximum Gasteiger partial charge on any atom is 0.413 e. The predicted octanol–water partition coefficient (Wildman–Crippen LogP) is 5.53. The molecule has 4 rings (SSSR count). The molecule has 1 atom stereocenters. The van der Waals surface area contributed by atoms with E-state index in [1.165, 1.54) is 23.9 Å². The van der Waals surface area contributed by atoms with Crippen LogP contribution < -0.4 is 10.6 Å². The highest BCUT2D eigenvalue weighted by Gasteiger charge is 2.22. The molecule has 36 heavy (non-hydrogen) atoms. The zero-order chi connectivity index (χ0) is 25.5. The largest absolute Gasteiger partial charge is 0.441 e. The molecular formula is C25H30ClN7O3. The van der Waals surface area contributed by atoms with Crippen LogP contribution in [-0.2, 0) is 16.6 Å². The average Bonchev–Trinajstić information content (AvgIpc) is 3.19. The lowest BCUT2D eigenvalue weighted by atomic mass is 9.90. The second-order valence-electron chi connectivity index (χ2n) is 8.93. The van der Waals surface area contributed by atoms with E-state index in [0.29, 0.717) is 28.5 Å². The van der Waals surface area contributed by atoms with Crippen LogP contribution in [-0.4, -0.2) is 37.0 Å². The molecule has 0 unspecified atom stereocenters. The predicted molar refractivity (Wildman–Crippen MR) is 136 cm³/mol. The fourth-order valence-electron chi connectivity index (χ4n) is 4.29. The van der Waals surface area contributed by atoms with Crippen molar-refractivity contribution in [3.8, 4) is 11.4 Å². The second-order valence-corrected chi connectivity index (χ2v) is 9.29. The lowest BCUT2D eigenvalue weighted by Crippen LogP contribution is -2.23. The molecule has 2 N–H and O–H groups in total. The van der Waals surface area contributed by atoms with Gasteiger partial charge >= 0.3 is 6.09 Å². The molecule has 10 nitrogen and oxygen atoms in total. The third-order valence-electron chi connectivity index (χ3n) is 6.31. The van der Waals surface area contributed by atoms with Gasteiger partial charge in [-0.05, 0) is 38.0 Å². The molecule has 3 aromatic rings. The van der Waals surface area contributed by atoms with Gasteiger partial charge in [0.05, 0.1) is 17.6 Å². The number of aryl methyl sites for hydroxylation is 1. The van der Waals surface area contributed by atoms with Gasteiger partial charge in [0.15, 0.2) is 11.5 Å². The summed E-state index contributed by atoms with van der Waals surface area (Å²) in [7, 11) is 1.65. The smallest absolute Gasteiger partial charge is 0.413 e. The Morgan fingerprint density at radius 3 is 2.53 bits per heavy atom. The van der Waals surface area contributed by atoms with E-state index in [9.17, 15) is 9.59 Å². The normalized spacial score (nSPS) is 15.4. The summed E-state index contributed by atoms with van der Waals surface area (Å²) in [6, 6.07) is 6.96. The van der Waals surface area contributed by atoms with Crippen LogP contribution in [0.5, 0.6) is 0 Å². The Bertz CT molecular complexity index is 1190. The molecule has 0 aliphatic heterocycles. The minimum absolute atomic E-state index is 0.0377. The van der Waals surface area contributed by atoms with Crippen molar-refractivity contribution in [2.45, 2.75) is 58.0 Å². The van der Waals surface area contributed by atoms with Crippen LogP contribution in [0.2, 0.25) is 5.15 Å². The van der Waals surface area contributed by atoms with Crippen LogP contribution in [0.15, 0.2) is 36.7 Å². The standard InChI is InChI=1S/C25H30ClN7O3/c1-16(19-11-8-14-27-22(19)26)36-25(35)30-23-21(31-32-33(23)2)20-13-12-18(15-28-20)29-24(34)17-9-6-4-3-5-7-10-17/h8,11-17H,3-7,9-10H2,1-2H3,(H,29,34)(H,30,35)/t16-/m1/s1. The summed E-state index contributed by atoms with van der Waals surface area (Å²) in [5.41, 5.74) is 2.08. The second kappa shape index (κ2) is 11.9. The van der Waals surface area contributed by atoms with Crippen molar-refractivity contribution in [2.24, 2.45) is 13.0 Å². The van der Waals surface area contributed by atoms with E-state index in [2.05, 4.69) is 30.9 Å². The molecule has 0 aromatic carbocycles. The maximum absolute atomic E-state index is 12.7. The Hall–Kier alpha value is -3.53. The molecule has 1 fully saturated rings. The van der Waals surface area contributed by atoms with Crippen molar-refractivity contribution < 1.29 is 14.3 Å². The summed E-state index contributed by atoms with van der Waals surface area (Å²) in [6.07, 6.45) is 9.51. The van der Waals surface area contributed by atoms with E-state index in [-0.39, 0.29) is 17.0 Å². The van der Waals surface area contributed by atoms with Gasteiger partial charge in [-0.25, -0.2) is 14.5 Å². The van der Waals surface area contributed by atoms with E-state index in [4.69, 9.17) is 16.3 Å². The lowest BCUT2D eigenvalue weighted by molar-refractivity contribution is -0.120.